The highest BCUT2D eigenvalue weighted by molar-refractivity contribution is 5.92. The monoisotopic (exact) mass is 315 g/mol. The Morgan fingerprint density at radius 2 is 1.91 bits per heavy atom. The van der Waals surface area contributed by atoms with Gasteiger partial charge in [0.25, 0.3) is 5.91 Å². The first-order chi connectivity index (χ1) is 11.3. The van der Waals surface area contributed by atoms with Crippen LogP contribution in [0.25, 0.3) is 0 Å². The standard InChI is InChI=1S/C18H25N3O2/c22-17(15-9-23-18(20-15)14-2-1-3-19-14)21-16-12-5-10-4-11(7-12)8-13(16)6-10/h9-14,16,19H,1-8H2,(H,21,22). The van der Waals surface area contributed by atoms with Crippen LogP contribution in [0.15, 0.2) is 10.7 Å². The van der Waals surface area contributed by atoms with Crippen molar-refractivity contribution in [2.24, 2.45) is 23.7 Å². The second-order valence-corrected chi connectivity index (χ2v) is 8.15. The van der Waals surface area contributed by atoms with Crippen LogP contribution >= 0.6 is 0 Å². The van der Waals surface area contributed by atoms with Crippen molar-refractivity contribution in [1.29, 1.82) is 0 Å². The number of hydrogen-bond acceptors (Lipinski definition) is 4. The highest BCUT2D eigenvalue weighted by atomic mass is 16.3. The molecule has 1 amide bonds. The number of oxazole rings is 1. The third-order valence-electron chi connectivity index (χ3n) is 6.64. The van der Waals surface area contributed by atoms with Crippen LogP contribution in [0.3, 0.4) is 0 Å². The van der Waals surface area contributed by atoms with Crippen molar-refractivity contribution in [1.82, 2.24) is 15.6 Å². The summed E-state index contributed by atoms with van der Waals surface area (Å²) in [6.07, 6.45) is 10.4. The predicted molar refractivity (Wildman–Crippen MR) is 84.8 cm³/mol. The van der Waals surface area contributed by atoms with E-state index in [1.54, 1.807) is 0 Å². The first-order valence-electron chi connectivity index (χ1n) is 9.26. The number of hydrogen-bond donors (Lipinski definition) is 2. The first-order valence-corrected chi connectivity index (χ1v) is 9.26. The molecule has 1 unspecified atom stereocenters. The molecule has 1 aromatic rings. The fourth-order valence-electron chi connectivity index (χ4n) is 5.83. The number of carbonyl (C=O) groups excluding carboxylic acids is 1. The van der Waals surface area contributed by atoms with E-state index in [4.69, 9.17) is 4.42 Å². The van der Waals surface area contributed by atoms with Crippen LogP contribution < -0.4 is 10.6 Å². The Labute approximate surface area is 136 Å². The van der Waals surface area contributed by atoms with Crippen LogP contribution in [0.4, 0.5) is 0 Å². The summed E-state index contributed by atoms with van der Waals surface area (Å²) in [5, 5.41) is 6.66. The lowest BCUT2D eigenvalue weighted by Crippen LogP contribution is -2.55. The summed E-state index contributed by atoms with van der Waals surface area (Å²) >= 11 is 0. The smallest absolute Gasteiger partial charge is 0.273 e. The molecule has 4 saturated carbocycles. The van der Waals surface area contributed by atoms with Gasteiger partial charge in [0.1, 0.15) is 6.26 Å². The van der Waals surface area contributed by atoms with E-state index in [1.165, 1.54) is 38.4 Å². The Hall–Kier alpha value is -1.36. The average molecular weight is 315 g/mol. The van der Waals surface area contributed by atoms with E-state index in [0.717, 1.165) is 31.2 Å². The highest BCUT2D eigenvalue weighted by Crippen LogP contribution is 2.53. The van der Waals surface area contributed by atoms with Gasteiger partial charge in [-0.25, -0.2) is 4.98 Å². The minimum Gasteiger partial charge on any atom is -0.446 e. The number of carbonyl (C=O) groups is 1. The molecule has 6 rings (SSSR count). The van der Waals surface area contributed by atoms with Crippen molar-refractivity contribution in [3.05, 3.63) is 17.8 Å². The summed E-state index contributed by atoms with van der Waals surface area (Å²) in [6.45, 7) is 1.00. The molecule has 5 fully saturated rings. The van der Waals surface area contributed by atoms with Crippen LogP contribution in [0.2, 0.25) is 0 Å². The maximum absolute atomic E-state index is 12.6. The number of amides is 1. The van der Waals surface area contributed by atoms with Crippen LogP contribution in [0.5, 0.6) is 0 Å². The lowest BCUT2D eigenvalue weighted by molar-refractivity contribution is -0.0120. The average Bonchev–Trinajstić information content (AvgIpc) is 3.20. The lowest BCUT2D eigenvalue weighted by Gasteiger charge is -2.54. The Kier molecular flexibility index (Phi) is 3.25. The van der Waals surface area contributed by atoms with E-state index in [9.17, 15) is 4.79 Å². The van der Waals surface area contributed by atoms with E-state index in [1.807, 2.05) is 0 Å². The lowest BCUT2D eigenvalue weighted by atomic mass is 9.54. The maximum Gasteiger partial charge on any atom is 0.273 e. The molecule has 5 nitrogen and oxygen atoms in total. The van der Waals surface area contributed by atoms with Gasteiger partial charge in [-0.1, -0.05) is 0 Å². The molecule has 0 spiro atoms. The summed E-state index contributed by atoms with van der Waals surface area (Å²) in [4.78, 5) is 17.0. The summed E-state index contributed by atoms with van der Waals surface area (Å²) in [6, 6.07) is 0.540. The van der Waals surface area contributed by atoms with Gasteiger partial charge in [0.05, 0.1) is 6.04 Å². The molecule has 0 aromatic carbocycles. The molecule has 1 aliphatic heterocycles. The van der Waals surface area contributed by atoms with Gasteiger partial charge < -0.3 is 15.1 Å². The van der Waals surface area contributed by atoms with Gasteiger partial charge in [-0.05, 0) is 75.2 Å². The van der Waals surface area contributed by atoms with Gasteiger partial charge in [-0.3, -0.25) is 4.79 Å². The van der Waals surface area contributed by atoms with Crippen molar-refractivity contribution in [2.75, 3.05) is 6.54 Å². The van der Waals surface area contributed by atoms with Crippen molar-refractivity contribution in [2.45, 2.75) is 57.0 Å². The van der Waals surface area contributed by atoms with Gasteiger partial charge in [0, 0.05) is 6.04 Å². The molecule has 0 radical (unpaired) electrons. The minimum atomic E-state index is -0.0459. The molecule has 23 heavy (non-hydrogen) atoms. The zero-order valence-electron chi connectivity index (χ0n) is 13.5. The van der Waals surface area contributed by atoms with Crippen molar-refractivity contribution >= 4 is 5.91 Å². The van der Waals surface area contributed by atoms with E-state index in [-0.39, 0.29) is 11.9 Å². The van der Waals surface area contributed by atoms with E-state index < -0.39 is 0 Å². The summed E-state index contributed by atoms with van der Waals surface area (Å²) < 4.78 is 5.54. The van der Waals surface area contributed by atoms with Crippen molar-refractivity contribution in [3.63, 3.8) is 0 Å². The molecular formula is C18H25N3O2. The normalized spacial score (nSPS) is 41.4. The molecule has 2 N–H and O–H groups in total. The number of rotatable bonds is 3. The zero-order valence-corrected chi connectivity index (χ0v) is 13.5. The summed E-state index contributed by atoms with van der Waals surface area (Å²) in [7, 11) is 0. The largest absolute Gasteiger partial charge is 0.446 e. The summed E-state index contributed by atoms with van der Waals surface area (Å²) in [5.74, 6) is 3.86. The second-order valence-electron chi connectivity index (χ2n) is 8.15. The number of aromatic nitrogens is 1. The zero-order chi connectivity index (χ0) is 15.4. The number of nitrogens with zero attached hydrogens (tertiary/aromatic N) is 1. The minimum absolute atomic E-state index is 0.0459. The van der Waals surface area contributed by atoms with E-state index in [2.05, 4.69) is 15.6 Å². The Morgan fingerprint density at radius 1 is 1.17 bits per heavy atom. The highest BCUT2D eigenvalue weighted by Gasteiger charge is 2.48. The molecule has 5 heteroatoms. The third-order valence-corrected chi connectivity index (χ3v) is 6.64. The topological polar surface area (TPSA) is 67.2 Å². The third kappa shape index (κ3) is 2.40. The fraction of sp³-hybridized carbons (Fsp3) is 0.778. The van der Waals surface area contributed by atoms with Gasteiger partial charge in [-0.2, -0.15) is 0 Å². The van der Waals surface area contributed by atoms with E-state index in [0.29, 0.717) is 29.5 Å². The molecule has 4 aliphatic carbocycles. The van der Waals surface area contributed by atoms with Crippen LogP contribution in [0.1, 0.15) is 67.4 Å². The number of nitrogens with one attached hydrogen (secondary N) is 2. The molecule has 1 saturated heterocycles. The first kappa shape index (κ1) is 14.0. The van der Waals surface area contributed by atoms with Crippen LogP contribution in [-0.4, -0.2) is 23.5 Å². The SMILES string of the molecule is O=C(NC1C2CC3CC(C2)CC1C3)c1coc(C2CCCN2)n1. The van der Waals surface area contributed by atoms with Crippen molar-refractivity contribution in [3.8, 4) is 0 Å². The van der Waals surface area contributed by atoms with Gasteiger partial charge >= 0.3 is 0 Å². The van der Waals surface area contributed by atoms with Gasteiger partial charge in [-0.15, -0.1) is 0 Å². The Balaban J connectivity index is 1.28. The molecule has 2 heterocycles. The predicted octanol–water partition coefficient (Wildman–Crippen LogP) is 2.65. The van der Waals surface area contributed by atoms with Crippen molar-refractivity contribution < 1.29 is 9.21 Å². The molecule has 124 valence electrons. The molecule has 5 aliphatic rings. The Morgan fingerprint density at radius 3 is 2.57 bits per heavy atom. The van der Waals surface area contributed by atoms with Gasteiger partial charge in [0.2, 0.25) is 5.89 Å². The maximum atomic E-state index is 12.6. The van der Waals surface area contributed by atoms with Crippen LogP contribution in [0, 0.1) is 23.7 Å². The Bertz CT molecular complexity index is 577. The quantitative estimate of drug-likeness (QED) is 0.900. The molecule has 4 bridgehead atoms. The van der Waals surface area contributed by atoms with Crippen LogP contribution in [-0.2, 0) is 0 Å². The van der Waals surface area contributed by atoms with Gasteiger partial charge in [0.15, 0.2) is 5.69 Å². The molecular weight excluding hydrogens is 290 g/mol. The van der Waals surface area contributed by atoms with E-state index >= 15 is 0 Å². The molecule has 1 atom stereocenters. The molecule has 1 aromatic heterocycles. The summed E-state index contributed by atoms with van der Waals surface area (Å²) in [5.41, 5.74) is 0.447. The fourth-order valence-corrected chi connectivity index (χ4v) is 5.83. The second kappa shape index (κ2) is 5.33.